The van der Waals surface area contributed by atoms with Crippen LogP contribution in [0.15, 0.2) is 0 Å². The van der Waals surface area contributed by atoms with E-state index < -0.39 is 0 Å². The average molecular weight is 270 g/mol. The molecule has 2 unspecified atom stereocenters. The van der Waals surface area contributed by atoms with Crippen molar-refractivity contribution in [1.82, 2.24) is 10.2 Å². The van der Waals surface area contributed by atoms with E-state index in [0.29, 0.717) is 24.6 Å². The molecule has 0 aromatic rings. The minimum absolute atomic E-state index is 0.00833. The predicted octanol–water partition coefficient (Wildman–Crippen LogP) is 1.40. The molecule has 18 heavy (non-hydrogen) atoms. The number of nitrogens with zero attached hydrogens (tertiary/aromatic N) is 1. The lowest BCUT2D eigenvalue weighted by atomic mass is 10.1. The van der Waals surface area contributed by atoms with Crippen molar-refractivity contribution in [2.45, 2.75) is 50.3 Å². The molecule has 2 heterocycles. The van der Waals surface area contributed by atoms with Crippen molar-refractivity contribution < 1.29 is 9.59 Å². The maximum Gasteiger partial charge on any atom is 0.245 e. The fourth-order valence-corrected chi connectivity index (χ4v) is 3.87. The fourth-order valence-electron chi connectivity index (χ4n) is 2.55. The van der Waals surface area contributed by atoms with Gasteiger partial charge in [-0.2, -0.15) is 11.8 Å². The maximum absolute atomic E-state index is 12.3. The maximum atomic E-state index is 12.3. The van der Waals surface area contributed by atoms with Gasteiger partial charge in [0.05, 0.1) is 0 Å². The largest absolute Gasteiger partial charge is 0.344 e. The summed E-state index contributed by atoms with van der Waals surface area (Å²) in [5, 5.41) is 3.37. The number of carbonyl (C=O) groups is 2. The summed E-state index contributed by atoms with van der Waals surface area (Å²) in [6.45, 7) is 3.34. The van der Waals surface area contributed by atoms with Gasteiger partial charge in [-0.1, -0.05) is 13.3 Å². The Morgan fingerprint density at radius 3 is 2.89 bits per heavy atom. The quantitative estimate of drug-likeness (QED) is 0.843. The zero-order chi connectivity index (χ0) is 13.0. The van der Waals surface area contributed by atoms with E-state index in [4.69, 9.17) is 0 Å². The van der Waals surface area contributed by atoms with Gasteiger partial charge in [0.15, 0.2) is 0 Å². The third kappa shape index (κ3) is 3.40. The van der Waals surface area contributed by atoms with Crippen LogP contribution in [-0.4, -0.2) is 46.8 Å². The van der Waals surface area contributed by atoms with Crippen molar-refractivity contribution in [2.75, 3.05) is 18.8 Å². The number of amides is 2. The number of nitrogens with one attached hydrogen (secondary N) is 1. The summed E-state index contributed by atoms with van der Waals surface area (Å²) in [6, 6.07) is -0.311. The number of hydrogen-bond acceptors (Lipinski definition) is 3. The summed E-state index contributed by atoms with van der Waals surface area (Å²) in [5.41, 5.74) is 0. The first-order valence-electron chi connectivity index (χ1n) is 6.90. The summed E-state index contributed by atoms with van der Waals surface area (Å²) < 4.78 is 0. The van der Waals surface area contributed by atoms with E-state index >= 15 is 0 Å². The van der Waals surface area contributed by atoms with Crippen molar-refractivity contribution in [3.8, 4) is 0 Å². The van der Waals surface area contributed by atoms with Crippen LogP contribution in [-0.2, 0) is 9.59 Å². The molecule has 0 radical (unpaired) electrons. The highest BCUT2D eigenvalue weighted by Gasteiger charge is 2.30. The lowest BCUT2D eigenvalue weighted by Crippen LogP contribution is -2.46. The second kappa shape index (κ2) is 6.45. The third-order valence-corrected chi connectivity index (χ3v) is 5.04. The van der Waals surface area contributed by atoms with Gasteiger partial charge in [-0.05, 0) is 25.0 Å². The molecule has 0 bridgehead atoms. The topological polar surface area (TPSA) is 49.4 Å². The SMILES string of the molecule is CCC1NC(=O)CCN(CC2CCCCS2)C1=O. The zero-order valence-corrected chi connectivity index (χ0v) is 11.8. The lowest BCUT2D eigenvalue weighted by molar-refractivity contribution is -0.133. The Morgan fingerprint density at radius 1 is 1.39 bits per heavy atom. The van der Waals surface area contributed by atoms with E-state index in [-0.39, 0.29) is 17.9 Å². The van der Waals surface area contributed by atoms with Crippen LogP contribution in [0.5, 0.6) is 0 Å². The number of thioether (sulfide) groups is 1. The van der Waals surface area contributed by atoms with Gasteiger partial charge in [-0.3, -0.25) is 9.59 Å². The minimum Gasteiger partial charge on any atom is -0.344 e. The molecule has 4 nitrogen and oxygen atoms in total. The van der Waals surface area contributed by atoms with E-state index in [0.717, 1.165) is 6.54 Å². The Balaban J connectivity index is 1.96. The molecule has 2 rings (SSSR count). The molecule has 0 saturated carbocycles. The number of hydrogen-bond donors (Lipinski definition) is 1. The molecule has 0 aliphatic carbocycles. The van der Waals surface area contributed by atoms with Crippen LogP contribution in [0.25, 0.3) is 0 Å². The van der Waals surface area contributed by atoms with E-state index in [2.05, 4.69) is 5.32 Å². The predicted molar refractivity (Wildman–Crippen MR) is 73.5 cm³/mol. The Morgan fingerprint density at radius 2 is 2.22 bits per heavy atom. The average Bonchev–Trinajstić information content (AvgIpc) is 2.53. The smallest absolute Gasteiger partial charge is 0.245 e. The van der Waals surface area contributed by atoms with Gasteiger partial charge in [0.1, 0.15) is 6.04 Å². The van der Waals surface area contributed by atoms with Crippen LogP contribution in [0.2, 0.25) is 0 Å². The van der Waals surface area contributed by atoms with Gasteiger partial charge in [0, 0.05) is 24.8 Å². The molecule has 0 aromatic heterocycles. The summed E-state index contributed by atoms with van der Waals surface area (Å²) in [7, 11) is 0. The molecule has 5 heteroatoms. The molecule has 2 fully saturated rings. The standard InChI is InChI=1S/C13H22N2O2S/c1-2-11-13(17)15(7-6-12(16)14-11)9-10-5-3-4-8-18-10/h10-11H,2-9H2,1H3,(H,14,16). The first kappa shape index (κ1) is 13.7. The van der Waals surface area contributed by atoms with Crippen LogP contribution in [0, 0.1) is 0 Å². The molecule has 1 N–H and O–H groups in total. The summed E-state index contributed by atoms with van der Waals surface area (Å²) in [6.07, 6.45) is 4.89. The molecular weight excluding hydrogens is 248 g/mol. The number of carbonyl (C=O) groups excluding carboxylic acids is 2. The molecular formula is C13H22N2O2S. The molecule has 0 aromatic carbocycles. The van der Waals surface area contributed by atoms with Crippen LogP contribution in [0.4, 0.5) is 0 Å². The van der Waals surface area contributed by atoms with Gasteiger partial charge >= 0.3 is 0 Å². The van der Waals surface area contributed by atoms with Crippen molar-refractivity contribution in [1.29, 1.82) is 0 Å². The first-order valence-corrected chi connectivity index (χ1v) is 7.95. The highest BCUT2D eigenvalue weighted by Crippen LogP contribution is 2.26. The summed E-state index contributed by atoms with van der Waals surface area (Å²) in [4.78, 5) is 25.7. The highest BCUT2D eigenvalue weighted by molar-refractivity contribution is 7.99. The van der Waals surface area contributed by atoms with Gasteiger partial charge in [0.25, 0.3) is 0 Å². The van der Waals surface area contributed by atoms with E-state index in [9.17, 15) is 9.59 Å². The van der Waals surface area contributed by atoms with Gasteiger partial charge in [-0.15, -0.1) is 0 Å². The minimum atomic E-state index is -0.311. The molecule has 0 spiro atoms. The van der Waals surface area contributed by atoms with Crippen molar-refractivity contribution in [3.63, 3.8) is 0 Å². The molecule has 102 valence electrons. The summed E-state index contributed by atoms with van der Waals surface area (Å²) in [5.74, 6) is 1.32. The second-order valence-electron chi connectivity index (χ2n) is 5.05. The van der Waals surface area contributed by atoms with Crippen LogP contribution in [0.1, 0.15) is 39.0 Å². The van der Waals surface area contributed by atoms with Gasteiger partial charge in [0.2, 0.25) is 11.8 Å². The van der Waals surface area contributed by atoms with Crippen LogP contribution in [0.3, 0.4) is 0 Å². The monoisotopic (exact) mass is 270 g/mol. The molecule has 2 amide bonds. The Bertz CT molecular complexity index is 316. The van der Waals surface area contributed by atoms with Crippen molar-refractivity contribution in [2.24, 2.45) is 0 Å². The molecule has 2 aliphatic heterocycles. The highest BCUT2D eigenvalue weighted by atomic mass is 32.2. The van der Waals surface area contributed by atoms with E-state index in [1.54, 1.807) is 0 Å². The van der Waals surface area contributed by atoms with Crippen molar-refractivity contribution in [3.05, 3.63) is 0 Å². The molecule has 2 atom stereocenters. The third-order valence-electron chi connectivity index (χ3n) is 3.66. The van der Waals surface area contributed by atoms with Crippen molar-refractivity contribution >= 4 is 23.6 Å². The van der Waals surface area contributed by atoms with Crippen LogP contribution >= 0.6 is 11.8 Å². The molecule has 2 saturated heterocycles. The van der Waals surface area contributed by atoms with E-state index in [1.807, 2.05) is 23.6 Å². The second-order valence-corrected chi connectivity index (χ2v) is 6.46. The number of rotatable bonds is 3. The zero-order valence-electron chi connectivity index (χ0n) is 11.0. The van der Waals surface area contributed by atoms with Gasteiger partial charge in [-0.25, -0.2) is 0 Å². The Labute approximate surface area is 113 Å². The lowest BCUT2D eigenvalue weighted by Gasteiger charge is -2.29. The Kier molecular flexibility index (Phi) is 4.92. The van der Waals surface area contributed by atoms with Crippen LogP contribution < -0.4 is 5.32 Å². The first-order chi connectivity index (χ1) is 8.70. The molecule has 2 aliphatic rings. The van der Waals surface area contributed by atoms with Gasteiger partial charge < -0.3 is 10.2 Å². The summed E-state index contributed by atoms with van der Waals surface area (Å²) >= 11 is 1.98. The fraction of sp³-hybridized carbons (Fsp3) is 0.846. The van der Waals surface area contributed by atoms with E-state index in [1.165, 1.54) is 25.0 Å². The Hall–Kier alpha value is -0.710. The normalized spacial score (nSPS) is 29.9.